The maximum atomic E-state index is 3.60. The van der Waals surface area contributed by atoms with E-state index >= 15 is 0 Å². The second-order valence-electron chi connectivity index (χ2n) is 5.41. The van der Waals surface area contributed by atoms with Gasteiger partial charge in [0, 0.05) is 45.0 Å². The van der Waals surface area contributed by atoms with Crippen molar-refractivity contribution in [2.45, 2.75) is 19.4 Å². The summed E-state index contributed by atoms with van der Waals surface area (Å²) in [5.74, 6) is 0. The molecule has 3 heteroatoms. The van der Waals surface area contributed by atoms with Crippen molar-refractivity contribution in [3.63, 3.8) is 0 Å². The van der Waals surface area contributed by atoms with Crippen LogP contribution in [-0.2, 0) is 0 Å². The smallest absolute Gasteiger partial charge is 0.0393 e. The van der Waals surface area contributed by atoms with Crippen molar-refractivity contribution < 1.29 is 0 Å². The van der Waals surface area contributed by atoms with Gasteiger partial charge in [-0.2, -0.15) is 0 Å². The van der Waals surface area contributed by atoms with E-state index in [1.54, 1.807) is 0 Å². The first kappa shape index (κ1) is 13.4. The standard InChI is InChI=1S/C15H25N3/c1-13-6-4-5-7-15(13)18(3)10-8-14-12-17(2)11-9-16-14/h4-7,14,16H,8-12H2,1-3H3. The van der Waals surface area contributed by atoms with E-state index in [-0.39, 0.29) is 0 Å². The molecular formula is C15H25N3. The molecule has 0 saturated carbocycles. The van der Waals surface area contributed by atoms with Gasteiger partial charge >= 0.3 is 0 Å². The third kappa shape index (κ3) is 3.47. The summed E-state index contributed by atoms with van der Waals surface area (Å²) in [6, 6.07) is 9.24. The molecule has 1 fully saturated rings. The summed E-state index contributed by atoms with van der Waals surface area (Å²) in [6.07, 6.45) is 1.20. The van der Waals surface area contributed by atoms with E-state index in [2.05, 4.69) is 60.4 Å². The van der Waals surface area contributed by atoms with Crippen molar-refractivity contribution in [1.29, 1.82) is 0 Å². The van der Waals surface area contributed by atoms with Crippen molar-refractivity contribution in [2.24, 2.45) is 0 Å². The highest BCUT2D eigenvalue weighted by Crippen LogP contribution is 2.18. The van der Waals surface area contributed by atoms with Crippen molar-refractivity contribution in [3.05, 3.63) is 29.8 Å². The molecule has 0 radical (unpaired) electrons. The normalized spacial score (nSPS) is 20.9. The molecule has 1 heterocycles. The summed E-state index contributed by atoms with van der Waals surface area (Å²) < 4.78 is 0. The fourth-order valence-corrected chi connectivity index (χ4v) is 2.65. The second-order valence-corrected chi connectivity index (χ2v) is 5.41. The highest BCUT2D eigenvalue weighted by Gasteiger charge is 2.16. The first-order valence-corrected chi connectivity index (χ1v) is 6.85. The number of anilines is 1. The lowest BCUT2D eigenvalue weighted by Gasteiger charge is -2.32. The molecule has 2 rings (SSSR count). The van der Waals surface area contributed by atoms with Crippen LogP contribution >= 0.6 is 0 Å². The molecule has 0 aliphatic carbocycles. The summed E-state index contributed by atoms with van der Waals surface area (Å²) in [4.78, 5) is 4.78. The van der Waals surface area contributed by atoms with Crippen LogP contribution in [0.3, 0.4) is 0 Å². The predicted molar refractivity (Wildman–Crippen MR) is 78.4 cm³/mol. The van der Waals surface area contributed by atoms with Crippen molar-refractivity contribution >= 4 is 5.69 Å². The largest absolute Gasteiger partial charge is 0.374 e. The molecule has 0 aromatic heterocycles. The van der Waals surface area contributed by atoms with Crippen LogP contribution in [0.5, 0.6) is 0 Å². The molecule has 0 spiro atoms. The summed E-state index contributed by atoms with van der Waals surface area (Å²) in [6.45, 7) is 6.75. The van der Waals surface area contributed by atoms with Gasteiger partial charge in [-0.3, -0.25) is 0 Å². The zero-order chi connectivity index (χ0) is 13.0. The summed E-state index contributed by atoms with van der Waals surface area (Å²) in [5, 5.41) is 3.60. The van der Waals surface area contributed by atoms with E-state index in [1.165, 1.54) is 30.8 Å². The number of rotatable bonds is 4. The Kier molecular flexibility index (Phi) is 4.61. The Balaban J connectivity index is 1.84. The topological polar surface area (TPSA) is 18.5 Å². The van der Waals surface area contributed by atoms with Crippen LogP contribution in [0, 0.1) is 6.92 Å². The molecule has 0 amide bonds. The van der Waals surface area contributed by atoms with Crippen LogP contribution in [0.15, 0.2) is 24.3 Å². The zero-order valence-corrected chi connectivity index (χ0v) is 11.8. The van der Waals surface area contributed by atoms with E-state index < -0.39 is 0 Å². The number of likely N-dealkylation sites (N-methyl/N-ethyl adjacent to an activating group) is 1. The van der Waals surface area contributed by atoms with Gasteiger partial charge in [0.05, 0.1) is 0 Å². The van der Waals surface area contributed by atoms with E-state index in [1.807, 2.05) is 0 Å². The number of nitrogens with one attached hydrogen (secondary N) is 1. The van der Waals surface area contributed by atoms with Crippen molar-refractivity contribution in [1.82, 2.24) is 10.2 Å². The van der Waals surface area contributed by atoms with Crippen molar-refractivity contribution in [2.75, 3.05) is 45.2 Å². The molecule has 1 saturated heterocycles. The number of nitrogens with zero attached hydrogens (tertiary/aromatic N) is 2. The molecule has 1 aliphatic rings. The number of benzene rings is 1. The molecule has 100 valence electrons. The SMILES string of the molecule is Cc1ccccc1N(C)CCC1CN(C)CCN1. The van der Waals surface area contributed by atoms with Gasteiger partial charge in [0.2, 0.25) is 0 Å². The fraction of sp³-hybridized carbons (Fsp3) is 0.600. The number of hydrogen-bond donors (Lipinski definition) is 1. The molecule has 18 heavy (non-hydrogen) atoms. The van der Waals surface area contributed by atoms with E-state index in [9.17, 15) is 0 Å². The Morgan fingerprint density at radius 2 is 2.17 bits per heavy atom. The summed E-state index contributed by atoms with van der Waals surface area (Å²) in [5.41, 5.74) is 2.70. The molecule has 1 aromatic rings. The highest BCUT2D eigenvalue weighted by molar-refractivity contribution is 5.52. The lowest BCUT2D eigenvalue weighted by Crippen LogP contribution is -2.49. The van der Waals surface area contributed by atoms with Gasteiger partial charge in [-0.1, -0.05) is 18.2 Å². The van der Waals surface area contributed by atoms with Gasteiger partial charge in [0.15, 0.2) is 0 Å². The number of piperazine rings is 1. The van der Waals surface area contributed by atoms with Gasteiger partial charge in [-0.05, 0) is 32.0 Å². The Morgan fingerprint density at radius 3 is 2.89 bits per heavy atom. The second kappa shape index (κ2) is 6.21. The van der Waals surface area contributed by atoms with E-state index in [4.69, 9.17) is 0 Å². The fourth-order valence-electron chi connectivity index (χ4n) is 2.65. The minimum atomic E-state index is 0.634. The van der Waals surface area contributed by atoms with Gasteiger partial charge in [-0.15, -0.1) is 0 Å². The molecule has 1 N–H and O–H groups in total. The molecule has 1 unspecified atom stereocenters. The lowest BCUT2D eigenvalue weighted by molar-refractivity contribution is 0.233. The Hall–Kier alpha value is -1.06. The minimum Gasteiger partial charge on any atom is -0.374 e. The zero-order valence-electron chi connectivity index (χ0n) is 11.8. The first-order valence-electron chi connectivity index (χ1n) is 6.85. The molecule has 1 aliphatic heterocycles. The third-order valence-electron chi connectivity index (χ3n) is 3.80. The lowest BCUT2D eigenvalue weighted by atomic mass is 10.1. The van der Waals surface area contributed by atoms with E-state index in [0.29, 0.717) is 6.04 Å². The average Bonchev–Trinajstić information content (AvgIpc) is 2.37. The van der Waals surface area contributed by atoms with Gasteiger partial charge < -0.3 is 15.1 Å². The molecule has 1 atom stereocenters. The maximum absolute atomic E-state index is 3.60. The van der Waals surface area contributed by atoms with Crippen LogP contribution in [0.25, 0.3) is 0 Å². The van der Waals surface area contributed by atoms with Crippen LogP contribution in [0.2, 0.25) is 0 Å². The van der Waals surface area contributed by atoms with Crippen LogP contribution in [0.1, 0.15) is 12.0 Å². The summed E-state index contributed by atoms with van der Waals surface area (Å²) in [7, 11) is 4.40. The highest BCUT2D eigenvalue weighted by atomic mass is 15.2. The Morgan fingerprint density at radius 1 is 1.39 bits per heavy atom. The number of hydrogen-bond acceptors (Lipinski definition) is 3. The van der Waals surface area contributed by atoms with E-state index in [0.717, 1.165) is 13.1 Å². The quantitative estimate of drug-likeness (QED) is 0.874. The van der Waals surface area contributed by atoms with Gasteiger partial charge in [-0.25, -0.2) is 0 Å². The van der Waals surface area contributed by atoms with Crippen LogP contribution in [0.4, 0.5) is 5.69 Å². The molecule has 3 nitrogen and oxygen atoms in total. The third-order valence-corrected chi connectivity index (χ3v) is 3.80. The number of aryl methyl sites for hydroxylation is 1. The molecule has 1 aromatic carbocycles. The minimum absolute atomic E-state index is 0.634. The van der Waals surface area contributed by atoms with Gasteiger partial charge in [0.1, 0.15) is 0 Å². The molecule has 0 bridgehead atoms. The predicted octanol–water partition coefficient (Wildman–Crippen LogP) is 1.72. The molecular weight excluding hydrogens is 222 g/mol. The van der Waals surface area contributed by atoms with Crippen molar-refractivity contribution in [3.8, 4) is 0 Å². The monoisotopic (exact) mass is 247 g/mol. The van der Waals surface area contributed by atoms with Gasteiger partial charge in [0.25, 0.3) is 0 Å². The Labute approximate surface area is 111 Å². The average molecular weight is 247 g/mol. The summed E-state index contributed by atoms with van der Waals surface area (Å²) >= 11 is 0. The Bertz CT molecular complexity index is 378. The first-order chi connectivity index (χ1) is 8.66. The number of para-hydroxylation sites is 1. The van der Waals surface area contributed by atoms with Crippen LogP contribution in [-0.4, -0.2) is 51.2 Å². The van der Waals surface area contributed by atoms with Crippen LogP contribution < -0.4 is 10.2 Å². The maximum Gasteiger partial charge on any atom is 0.0393 e.